The van der Waals surface area contributed by atoms with Crippen LogP contribution in [0.4, 0.5) is 4.39 Å². The van der Waals surface area contributed by atoms with E-state index in [-0.39, 0.29) is 17.8 Å². The Bertz CT molecular complexity index is 751. The quantitative estimate of drug-likeness (QED) is 0.928. The Hall–Kier alpha value is -2.89. The number of piperidine rings is 1. The van der Waals surface area contributed by atoms with E-state index in [4.69, 9.17) is 10.5 Å². The minimum atomic E-state index is -0.516. The number of carbonyl (C=O) groups excluding carboxylic acids is 2. The molecule has 1 saturated heterocycles. The number of rotatable bonds is 4. The maximum Gasteiger partial charge on any atom is 0.253 e. The van der Waals surface area contributed by atoms with Crippen molar-refractivity contribution < 1.29 is 18.7 Å². The van der Waals surface area contributed by atoms with Crippen molar-refractivity contribution in [3.8, 4) is 5.75 Å². The first-order chi connectivity index (χ1) is 12.0. The molecule has 0 aromatic heterocycles. The van der Waals surface area contributed by atoms with Gasteiger partial charge in [0.05, 0.1) is 0 Å². The Labute approximate surface area is 145 Å². The predicted molar refractivity (Wildman–Crippen MR) is 90.9 cm³/mol. The molecule has 1 fully saturated rings. The molecule has 2 aromatic carbocycles. The van der Waals surface area contributed by atoms with Gasteiger partial charge >= 0.3 is 0 Å². The number of hydrogen-bond acceptors (Lipinski definition) is 3. The topological polar surface area (TPSA) is 72.6 Å². The van der Waals surface area contributed by atoms with Crippen molar-refractivity contribution in [1.82, 2.24) is 4.90 Å². The van der Waals surface area contributed by atoms with Gasteiger partial charge in [-0.2, -0.15) is 0 Å². The van der Waals surface area contributed by atoms with E-state index in [1.807, 2.05) is 0 Å². The molecule has 2 aromatic rings. The van der Waals surface area contributed by atoms with Gasteiger partial charge in [0.15, 0.2) is 0 Å². The molecule has 130 valence electrons. The summed E-state index contributed by atoms with van der Waals surface area (Å²) in [5.41, 5.74) is 6.11. The molecule has 0 aliphatic carbocycles. The fourth-order valence-electron chi connectivity index (χ4n) is 2.84. The molecule has 25 heavy (non-hydrogen) atoms. The number of amides is 2. The first-order valence-corrected chi connectivity index (χ1v) is 8.14. The molecule has 1 aliphatic rings. The number of nitrogens with two attached hydrogens (primary N) is 1. The monoisotopic (exact) mass is 342 g/mol. The third kappa shape index (κ3) is 4.15. The normalized spacial score (nSPS) is 15.0. The minimum absolute atomic E-state index is 0.00625. The summed E-state index contributed by atoms with van der Waals surface area (Å²) in [7, 11) is 0. The highest BCUT2D eigenvalue weighted by Crippen LogP contribution is 2.20. The molecular formula is C19H19FN2O3. The molecule has 2 N–H and O–H groups in total. The van der Waals surface area contributed by atoms with Crippen LogP contribution in [0.1, 0.15) is 33.6 Å². The number of benzene rings is 2. The number of ether oxygens (including phenoxy) is 1. The van der Waals surface area contributed by atoms with Gasteiger partial charge in [0.1, 0.15) is 17.7 Å². The Morgan fingerprint density at radius 1 is 0.960 bits per heavy atom. The van der Waals surface area contributed by atoms with Gasteiger partial charge in [0.25, 0.3) is 5.91 Å². The maximum absolute atomic E-state index is 12.9. The van der Waals surface area contributed by atoms with Crippen molar-refractivity contribution in [2.75, 3.05) is 13.1 Å². The van der Waals surface area contributed by atoms with Crippen molar-refractivity contribution >= 4 is 11.8 Å². The van der Waals surface area contributed by atoms with Crippen LogP contribution in [0.15, 0.2) is 48.5 Å². The molecule has 6 heteroatoms. The second kappa shape index (κ2) is 7.34. The first kappa shape index (κ1) is 17.0. The number of halogens is 1. The molecule has 0 bridgehead atoms. The smallest absolute Gasteiger partial charge is 0.253 e. The van der Waals surface area contributed by atoms with E-state index < -0.39 is 5.91 Å². The van der Waals surface area contributed by atoms with Crippen LogP contribution in [-0.4, -0.2) is 35.9 Å². The third-order valence-electron chi connectivity index (χ3n) is 4.26. The maximum atomic E-state index is 12.9. The standard InChI is InChI=1S/C19H19FN2O3/c20-15-5-7-16(8-6-15)25-17-9-11-22(12-10-17)19(24)14-3-1-13(2-4-14)18(21)23/h1-8,17H,9-12H2,(H2,21,23). The zero-order valence-corrected chi connectivity index (χ0v) is 13.7. The number of likely N-dealkylation sites (tertiary alicyclic amines) is 1. The van der Waals surface area contributed by atoms with Crippen LogP contribution < -0.4 is 10.5 Å². The molecule has 2 amide bonds. The van der Waals surface area contributed by atoms with Crippen LogP contribution in [0.3, 0.4) is 0 Å². The Kier molecular flexibility index (Phi) is 4.97. The van der Waals surface area contributed by atoms with E-state index in [1.165, 1.54) is 12.1 Å². The first-order valence-electron chi connectivity index (χ1n) is 8.14. The molecule has 1 heterocycles. The zero-order valence-electron chi connectivity index (χ0n) is 13.7. The molecule has 5 nitrogen and oxygen atoms in total. The summed E-state index contributed by atoms with van der Waals surface area (Å²) in [6.07, 6.45) is 1.43. The van der Waals surface area contributed by atoms with Crippen LogP contribution in [0.2, 0.25) is 0 Å². The molecular weight excluding hydrogens is 323 g/mol. The van der Waals surface area contributed by atoms with E-state index in [0.29, 0.717) is 42.8 Å². The molecule has 0 atom stereocenters. The third-order valence-corrected chi connectivity index (χ3v) is 4.26. The SMILES string of the molecule is NC(=O)c1ccc(C(=O)N2CCC(Oc3ccc(F)cc3)CC2)cc1. The van der Waals surface area contributed by atoms with Crippen molar-refractivity contribution in [1.29, 1.82) is 0 Å². The van der Waals surface area contributed by atoms with E-state index in [9.17, 15) is 14.0 Å². The lowest BCUT2D eigenvalue weighted by Gasteiger charge is -2.32. The number of carbonyl (C=O) groups is 2. The number of primary amides is 1. The Morgan fingerprint density at radius 2 is 1.52 bits per heavy atom. The molecule has 0 radical (unpaired) electrons. The van der Waals surface area contributed by atoms with Crippen molar-refractivity contribution in [2.24, 2.45) is 5.73 Å². The van der Waals surface area contributed by atoms with Gasteiger partial charge in [-0.25, -0.2) is 4.39 Å². The van der Waals surface area contributed by atoms with Crippen LogP contribution in [0.5, 0.6) is 5.75 Å². The Balaban J connectivity index is 1.55. The molecule has 0 spiro atoms. The largest absolute Gasteiger partial charge is 0.490 e. The lowest BCUT2D eigenvalue weighted by molar-refractivity contribution is 0.0595. The van der Waals surface area contributed by atoms with Crippen LogP contribution in [-0.2, 0) is 0 Å². The van der Waals surface area contributed by atoms with Gasteiger partial charge in [-0.15, -0.1) is 0 Å². The highest BCUT2D eigenvalue weighted by Gasteiger charge is 2.24. The Morgan fingerprint density at radius 3 is 2.08 bits per heavy atom. The highest BCUT2D eigenvalue weighted by atomic mass is 19.1. The molecule has 0 saturated carbocycles. The van der Waals surface area contributed by atoms with Crippen molar-refractivity contribution in [2.45, 2.75) is 18.9 Å². The van der Waals surface area contributed by atoms with Crippen LogP contribution in [0.25, 0.3) is 0 Å². The molecule has 1 aliphatic heterocycles. The van der Waals surface area contributed by atoms with Gasteiger partial charge in [-0.3, -0.25) is 9.59 Å². The van der Waals surface area contributed by atoms with E-state index >= 15 is 0 Å². The van der Waals surface area contributed by atoms with Gasteiger partial charge in [0.2, 0.25) is 5.91 Å². The summed E-state index contributed by atoms with van der Waals surface area (Å²) >= 11 is 0. The summed E-state index contributed by atoms with van der Waals surface area (Å²) in [6.45, 7) is 1.17. The molecule has 3 rings (SSSR count). The van der Waals surface area contributed by atoms with Crippen LogP contribution >= 0.6 is 0 Å². The zero-order chi connectivity index (χ0) is 17.8. The summed E-state index contributed by atoms with van der Waals surface area (Å²) < 4.78 is 18.7. The number of nitrogens with zero attached hydrogens (tertiary/aromatic N) is 1. The lowest BCUT2D eigenvalue weighted by atomic mass is 10.1. The van der Waals surface area contributed by atoms with Gasteiger partial charge in [-0.05, 0) is 48.5 Å². The van der Waals surface area contributed by atoms with Crippen LogP contribution in [0, 0.1) is 5.82 Å². The summed E-state index contributed by atoms with van der Waals surface area (Å²) in [5.74, 6) is -0.252. The van der Waals surface area contributed by atoms with Gasteiger partial charge < -0.3 is 15.4 Å². The summed E-state index contributed by atoms with van der Waals surface area (Å²) in [6, 6.07) is 12.3. The summed E-state index contributed by atoms with van der Waals surface area (Å²) in [4.78, 5) is 25.4. The second-order valence-corrected chi connectivity index (χ2v) is 6.00. The average molecular weight is 342 g/mol. The van der Waals surface area contributed by atoms with E-state index in [0.717, 1.165) is 0 Å². The fraction of sp³-hybridized carbons (Fsp3) is 0.263. The van der Waals surface area contributed by atoms with Crippen molar-refractivity contribution in [3.63, 3.8) is 0 Å². The summed E-state index contributed by atoms with van der Waals surface area (Å²) in [5, 5.41) is 0. The average Bonchev–Trinajstić information content (AvgIpc) is 2.64. The number of hydrogen-bond donors (Lipinski definition) is 1. The van der Waals surface area contributed by atoms with Crippen molar-refractivity contribution in [3.05, 3.63) is 65.5 Å². The fourth-order valence-corrected chi connectivity index (χ4v) is 2.84. The predicted octanol–water partition coefficient (Wildman–Crippen LogP) is 2.61. The van der Waals surface area contributed by atoms with E-state index in [2.05, 4.69) is 0 Å². The van der Waals surface area contributed by atoms with E-state index in [1.54, 1.807) is 41.3 Å². The van der Waals surface area contributed by atoms with Gasteiger partial charge in [-0.1, -0.05) is 0 Å². The van der Waals surface area contributed by atoms with Gasteiger partial charge in [0, 0.05) is 37.1 Å². The lowest BCUT2D eigenvalue weighted by Crippen LogP contribution is -2.41. The second-order valence-electron chi connectivity index (χ2n) is 6.00. The minimum Gasteiger partial charge on any atom is -0.490 e. The molecule has 0 unspecified atom stereocenters. The highest BCUT2D eigenvalue weighted by molar-refractivity contribution is 5.97.